The van der Waals surface area contributed by atoms with Crippen LogP contribution < -0.4 is 14.4 Å². The van der Waals surface area contributed by atoms with E-state index in [1.165, 1.54) is 0 Å². The Morgan fingerprint density at radius 2 is 1.50 bits per heavy atom. The van der Waals surface area contributed by atoms with Crippen LogP contribution in [0.4, 0.5) is 17.1 Å². The Morgan fingerprint density at radius 3 is 2.08 bits per heavy atom. The average molecular weight is 314 g/mol. The van der Waals surface area contributed by atoms with E-state index in [0.717, 1.165) is 28.6 Å². The van der Waals surface area contributed by atoms with E-state index in [-0.39, 0.29) is 0 Å². The van der Waals surface area contributed by atoms with Crippen molar-refractivity contribution in [3.05, 3.63) is 72.3 Å². The number of benzene rings is 3. The molecule has 1 aliphatic rings. The standard InChI is InChI=1S/C20H14N2O2/c1-23-20-12-14(13-21)10-11-17(20)22-15-6-2-4-8-18(15)24-19-9-5-3-7-16(19)22/h2-12H,1H3. The molecule has 0 spiro atoms. The number of rotatable bonds is 2. The van der Waals surface area contributed by atoms with Gasteiger partial charge in [-0.05, 0) is 36.4 Å². The van der Waals surface area contributed by atoms with Crippen molar-refractivity contribution in [2.24, 2.45) is 0 Å². The van der Waals surface area contributed by atoms with Gasteiger partial charge in [0.1, 0.15) is 5.75 Å². The summed E-state index contributed by atoms with van der Waals surface area (Å²) in [5, 5.41) is 9.14. The lowest BCUT2D eigenvalue weighted by Crippen LogP contribution is -2.16. The minimum Gasteiger partial charge on any atom is -0.495 e. The van der Waals surface area contributed by atoms with Gasteiger partial charge in [-0.1, -0.05) is 24.3 Å². The fraction of sp³-hybridized carbons (Fsp3) is 0.0500. The number of fused-ring (bicyclic) bond motifs is 2. The van der Waals surface area contributed by atoms with Gasteiger partial charge < -0.3 is 9.47 Å². The summed E-state index contributed by atoms with van der Waals surface area (Å²) in [7, 11) is 1.61. The molecule has 0 radical (unpaired) electrons. The minimum atomic E-state index is 0.561. The summed E-state index contributed by atoms with van der Waals surface area (Å²) in [6.45, 7) is 0. The third kappa shape index (κ3) is 2.15. The average Bonchev–Trinajstić information content (AvgIpc) is 2.65. The molecule has 116 valence electrons. The predicted molar refractivity (Wildman–Crippen MR) is 92.5 cm³/mol. The van der Waals surface area contributed by atoms with E-state index in [1.807, 2.05) is 54.6 Å². The monoisotopic (exact) mass is 314 g/mol. The summed E-state index contributed by atoms with van der Waals surface area (Å²) in [6, 6.07) is 23.3. The summed E-state index contributed by atoms with van der Waals surface area (Å²) >= 11 is 0. The Kier molecular flexibility index (Phi) is 3.33. The normalized spacial score (nSPS) is 11.8. The van der Waals surface area contributed by atoms with Crippen molar-refractivity contribution in [1.29, 1.82) is 5.26 Å². The van der Waals surface area contributed by atoms with E-state index < -0.39 is 0 Å². The maximum Gasteiger partial charge on any atom is 0.151 e. The first-order valence-electron chi connectivity index (χ1n) is 7.56. The fourth-order valence-electron chi connectivity index (χ4n) is 2.90. The largest absolute Gasteiger partial charge is 0.495 e. The van der Waals surface area contributed by atoms with Crippen LogP contribution in [0.2, 0.25) is 0 Å². The Labute approximate surface area is 140 Å². The van der Waals surface area contributed by atoms with Crippen LogP contribution in [0.25, 0.3) is 0 Å². The molecule has 0 N–H and O–H groups in total. The molecule has 0 bridgehead atoms. The summed E-state index contributed by atoms with van der Waals surface area (Å²) in [5.41, 5.74) is 3.28. The first kappa shape index (κ1) is 14.2. The zero-order chi connectivity index (χ0) is 16.5. The molecule has 4 nitrogen and oxygen atoms in total. The van der Waals surface area contributed by atoms with Crippen molar-refractivity contribution in [3.8, 4) is 23.3 Å². The van der Waals surface area contributed by atoms with Crippen LogP contribution in [-0.4, -0.2) is 7.11 Å². The number of ether oxygens (including phenoxy) is 2. The maximum absolute atomic E-state index is 9.14. The van der Waals surface area contributed by atoms with Crippen molar-refractivity contribution >= 4 is 17.1 Å². The second kappa shape index (κ2) is 5.64. The molecule has 3 aromatic rings. The molecule has 0 saturated heterocycles. The van der Waals surface area contributed by atoms with Crippen LogP contribution >= 0.6 is 0 Å². The second-order valence-corrected chi connectivity index (χ2v) is 5.37. The Balaban J connectivity index is 1.97. The van der Waals surface area contributed by atoms with Gasteiger partial charge in [0.25, 0.3) is 0 Å². The number of para-hydroxylation sites is 4. The molecule has 24 heavy (non-hydrogen) atoms. The first-order valence-corrected chi connectivity index (χ1v) is 7.56. The molecule has 0 saturated carbocycles. The molecule has 1 heterocycles. The van der Waals surface area contributed by atoms with Crippen LogP contribution in [-0.2, 0) is 0 Å². The molecule has 4 rings (SSSR count). The van der Waals surface area contributed by atoms with Crippen LogP contribution in [0, 0.1) is 11.3 Å². The Hall–Kier alpha value is -3.45. The van der Waals surface area contributed by atoms with Crippen molar-refractivity contribution in [3.63, 3.8) is 0 Å². The molecule has 0 fully saturated rings. The lowest BCUT2D eigenvalue weighted by Gasteiger charge is -2.33. The molecule has 0 aliphatic carbocycles. The lowest BCUT2D eigenvalue weighted by molar-refractivity contribution is 0.415. The Morgan fingerprint density at radius 1 is 0.875 bits per heavy atom. The number of nitrogens with zero attached hydrogens (tertiary/aromatic N) is 2. The lowest BCUT2D eigenvalue weighted by atomic mass is 10.1. The summed E-state index contributed by atoms with van der Waals surface area (Å²) in [4.78, 5) is 2.09. The summed E-state index contributed by atoms with van der Waals surface area (Å²) in [5.74, 6) is 2.20. The molecule has 0 atom stereocenters. The zero-order valence-corrected chi connectivity index (χ0v) is 13.1. The van der Waals surface area contributed by atoms with Gasteiger partial charge in [0.15, 0.2) is 11.5 Å². The van der Waals surface area contributed by atoms with Gasteiger partial charge in [0.2, 0.25) is 0 Å². The van der Waals surface area contributed by atoms with Gasteiger partial charge in [-0.3, -0.25) is 4.90 Å². The van der Waals surface area contributed by atoms with Crippen LogP contribution in [0.3, 0.4) is 0 Å². The summed E-state index contributed by atoms with van der Waals surface area (Å²) < 4.78 is 11.6. The minimum absolute atomic E-state index is 0.561. The quantitative estimate of drug-likeness (QED) is 0.514. The molecular weight excluding hydrogens is 300 g/mol. The third-order valence-electron chi connectivity index (χ3n) is 3.98. The molecule has 0 aromatic heterocycles. The SMILES string of the molecule is COc1cc(C#N)ccc1N1c2ccccc2Oc2ccccc21. The molecule has 0 unspecified atom stereocenters. The van der Waals surface area contributed by atoms with E-state index in [4.69, 9.17) is 14.7 Å². The van der Waals surface area contributed by atoms with Crippen molar-refractivity contribution in [2.45, 2.75) is 0 Å². The van der Waals surface area contributed by atoms with Crippen LogP contribution in [0.1, 0.15) is 5.56 Å². The highest BCUT2D eigenvalue weighted by Gasteiger charge is 2.27. The van der Waals surface area contributed by atoms with Crippen molar-refractivity contribution in [1.82, 2.24) is 0 Å². The number of hydrogen-bond donors (Lipinski definition) is 0. The van der Waals surface area contributed by atoms with E-state index in [0.29, 0.717) is 11.3 Å². The van der Waals surface area contributed by atoms with Gasteiger partial charge >= 0.3 is 0 Å². The second-order valence-electron chi connectivity index (χ2n) is 5.37. The number of anilines is 3. The van der Waals surface area contributed by atoms with Crippen LogP contribution in [0.15, 0.2) is 66.7 Å². The van der Waals surface area contributed by atoms with E-state index in [1.54, 1.807) is 19.2 Å². The number of nitriles is 1. The van der Waals surface area contributed by atoms with Crippen LogP contribution in [0.5, 0.6) is 17.2 Å². The highest BCUT2D eigenvalue weighted by Crippen LogP contribution is 2.51. The smallest absolute Gasteiger partial charge is 0.151 e. The van der Waals surface area contributed by atoms with E-state index in [9.17, 15) is 0 Å². The van der Waals surface area contributed by atoms with Gasteiger partial charge in [-0.15, -0.1) is 0 Å². The molecule has 1 aliphatic heterocycles. The highest BCUT2D eigenvalue weighted by molar-refractivity contribution is 5.88. The maximum atomic E-state index is 9.14. The fourth-order valence-corrected chi connectivity index (χ4v) is 2.90. The van der Waals surface area contributed by atoms with E-state index >= 15 is 0 Å². The van der Waals surface area contributed by atoms with Gasteiger partial charge in [-0.25, -0.2) is 0 Å². The van der Waals surface area contributed by atoms with E-state index in [2.05, 4.69) is 11.0 Å². The summed E-state index contributed by atoms with van der Waals surface area (Å²) in [6.07, 6.45) is 0. The zero-order valence-electron chi connectivity index (χ0n) is 13.1. The highest BCUT2D eigenvalue weighted by atomic mass is 16.5. The molecular formula is C20H14N2O2. The van der Waals surface area contributed by atoms with Gasteiger partial charge in [-0.2, -0.15) is 5.26 Å². The molecule has 4 heteroatoms. The topological polar surface area (TPSA) is 45.5 Å². The van der Waals surface area contributed by atoms with Gasteiger partial charge in [0, 0.05) is 6.07 Å². The van der Waals surface area contributed by atoms with Gasteiger partial charge in [0.05, 0.1) is 35.8 Å². The van der Waals surface area contributed by atoms with Crippen molar-refractivity contribution in [2.75, 3.05) is 12.0 Å². The van der Waals surface area contributed by atoms with Crippen molar-refractivity contribution < 1.29 is 9.47 Å². The third-order valence-corrected chi connectivity index (χ3v) is 3.98. The molecule has 3 aromatic carbocycles. The Bertz CT molecular complexity index is 914. The first-order chi connectivity index (χ1) is 11.8. The number of methoxy groups -OCH3 is 1. The molecule has 0 amide bonds. The number of hydrogen-bond acceptors (Lipinski definition) is 4. The predicted octanol–water partition coefficient (Wildman–Crippen LogP) is 5.14.